The number of amides is 1. The first kappa shape index (κ1) is 18.1. The van der Waals surface area contributed by atoms with Crippen molar-refractivity contribution in [1.29, 1.82) is 0 Å². The van der Waals surface area contributed by atoms with Crippen LogP contribution in [-0.2, 0) is 11.8 Å². The maximum Gasteiger partial charge on any atom is 0.315 e. The van der Waals surface area contributed by atoms with Crippen molar-refractivity contribution in [3.63, 3.8) is 0 Å². The lowest BCUT2D eigenvalue weighted by Gasteiger charge is -2.07. The number of H-pyrrole nitrogens is 2. The summed E-state index contributed by atoms with van der Waals surface area (Å²) in [6.45, 7) is 1.81. The van der Waals surface area contributed by atoms with Crippen LogP contribution in [0.4, 0.5) is 5.69 Å². The summed E-state index contributed by atoms with van der Waals surface area (Å²) in [4.78, 5) is 31.8. The number of nitrogens with zero attached hydrogens (tertiary/aromatic N) is 2. The maximum absolute atomic E-state index is 12.8. The lowest BCUT2D eigenvalue weighted by molar-refractivity contribution is -0.396. The van der Waals surface area contributed by atoms with Crippen LogP contribution in [0.25, 0.3) is 16.7 Å². The van der Waals surface area contributed by atoms with Gasteiger partial charge in [0.15, 0.2) is 11.0 Å². The van der Waals surface area contributed by atoms with Crippen molar-refractivity contribution >= 4 is 34.4 Å². The lowest BCUT2D eigenvalue weighted by Crippen LogP contribution is -2.23. The fourth-order valence-electron chi connectivity index (χ4n) is 3.07. The molecule has 0 aliphatic heterocycles. The predicted octanol–water partition coefficient (Wildman–Crippen LogP) is 2.51. The zero-order valence-electron chi connectivity index (χ0n) is 15.5. The van der Waals surface area contributed by atoms with E-state index in [-0.39, 0.29) is 17.2 Å². The molecule has 0 bridgehead atoms. The zero-order valence-corrected chi connectivity index (χ0v) is 16.3. The number of aromatic amines is 2. The molecular formula is C20H20N5O2S+. The van der Waals surface area contributed by atoms with Crippen molar-refractivity contribution in [3.05, 3.63) is 70.6 Å². The first-order valence-corrected chi connectivity index (χ1v) is 9.80. The van der Waals surface area contributed by atoms with Gasteiger partial charge in [0.2, 0.25) is 5.91 Å². The number of imidazole rings is 1. The van der Waals surface area contributed by atoms with Gasteiger partial charge in [-0.1, -0.05) is 30.3 Å². The second-order valence-electron chi connectivity index (χ2n) is 6.40. The second kappa shape index (κ2) is 7.40. The molecule has 2 aromatic carbocycles. The van der Waals surface area contributed by atoms with Crippen LogP contribution in [0.3, 0.4) is 0 Å². The smallest absolute Gasteiger partial charge is 0.315 e. The largest absolute Gasteiger partial charge is 0.319 e. The van der Waals surface area contributed by atoms with Gasteiger partial charge >= 0.3 is 5.16 Å². The molecule has 7 nitrogen and oxygen atoms in total. The maximum atomic E-state index is 12.8. The normalized spacial score (nSPS) is 11.1. The molecule has 3 N–H and O–H groups in total. The van der Waals surface area contributed by atoms with E-state index >= 15 is 0 Å². The first-order chi connectivity index (χ1) is 13.5. The van der Waals surface area contributed by atoms with Crippen molar-refractivity contribution in [3.8, 4) is 5.69 Å². The number of hydrogen-bond donors (Lipinski definition) is 2. The third kappa shape index (κ3) is 3.34. The van der Waals surface area contributed by atoms with Gasteiger partial charge in [-0.3, -0.25) is 14.3 Å². The van der Waals surface area contributed by atoms with Crippen LogP contribution in [0.5, 0.6) is 0 Å². The van der Waals surface area contributed by atoms with E-state index in [0.29, 0.717) is 11.4 Å². The van der Waals surface area contributed by atoms with Crippen molar-refractivity contribution in [2.75, 3.05) is 11.1 Å². The van der Waals surface area contributed by atoms with Crippen LogP contribution in [0.1, 0.15) is 5.69 Å². The Morgan fingerprint density at radius 2 is 1.86 bits per heavy atom. The number of nitrogens with one attached hydrogen (secondary N) is 3. The second-order valence-corrected chi connectivity index (χ2v) is 7.38. The molecule has 2 heterocycles. The van der Waals surface area contributed by atoms with Crippen molar-refractivity contribution < 1.29 is 9.78 Å². The average Bonchev–Trinajstić information content (AvgIpc) is 3.21. The van der Waals surface area contributed by atoms with E-state index in [1.165, 1.54) is 11.8 Å². The Balaban J connectivity index is 1.51. The van der Waals surface area contributed by atoms with E-state index in [4.69, 9.17) is 0 Å². The van der Waals surface area contributed by atoms with E-state index in [2.05, 4.69) is 15.3 Å². The molecule has 0 aliphatic rings. The number of hydrogen-bond acceptors (Lipinski definition) is 3. The van der Waals surface area contributed by atoms with Gasteiger partial charge in [0.25, 0.3) is 5.56 Å². The predicted molar refractivity (Wildman–Crippen MR) is 110 cm³/mol. The highest BCUT2D eigenvalue weighted by molar-refractivity contribution is 7.99. The van der Waals surface area contributed by atoms with Crippen molar-refractivity contribution in [1.82, 2.24) is 14.3 Å². The van der Waals surface area contributed by atoms with E-state index in [1.54, 1.807) is 16.4 Å². The van der Waals surface area contributed by atoms with Crippen LogP contribution in [0.2, 0.25) is 0 Å². The number of carbonyl (C=O) groups excluding carboxylic acids is 1. The molecule has 0 radical (unpaired) electrons. The van der Waals surface area contributed by atoms with Crippen molar-refractivity contribution in [2.45, 2.75) is 12.1 Å². The van der Waals surface area contributed by atoms with Crippen LogP contribution < -0.4 is 15.9 Å². The fourth-order valence-corrected chi connectivity index (χ4v) is 3.79. The third-order valence-electron chi connectivity index (χ3n) is 4.59. The van der Waals surface area contributed by atoms with Gasteiger partial charge in [-0.15, -0.1) is 0 Å². The molecule has 4 rings (SSSR count). The number of carbonyl (C=O) groups is 1. The summed E-state index contributed by atoms with van der Waals surface area (Å²) in [5, 5.41) is 3.57. The number of benzene rings is 2. The summed E-state index contributed by atoms with van der Waals surface area (Å²) in [6, 6.07) is 17.2. The SMILES string of the molecule is Cc1c(NC(=O)CSc2[nH]c3ccccc3[nH+]2)c(=O)n(-c2ccccc2)n1C. The van der Waals surface area contributed by atoms with Gasteiger partial charge in [-0.05, 0) is 43.0 Å². The summed E-state index contributed by atoms with van der Waals surface area (Å²) in [6.07, 6.45) is 0. The standard InChI is InChI=1S/C20H19N5O2S/c1-13-18(19(27)25(24(13)2)14-8-4-3-5-9-14)23-17(26)12-28-20-21-15-10-6-7-11-16(15)22-20/h3-11H,12H2,1-2H3,(H,21,22)(H,23,26)/p+1. The van der Waals surface area contributed by atoms with E-state index in [1.807, 2.05) is 61.5 Å². The summed E-state index contributed by atoms with van der Waals surface area (Å²) in [5.41, 5.74) is 3.47. The molecule has 0 saturated carbocycles. The molecule has 2 aromatic heterocycles. The summed E-state index contributed by atoms with van der Waals surface area (Å²) >= 11 is 1.35. The Morgan fingerprint density at radius 3 is 2.61 bits per heavy atom. The Bertz CT molecular complexity index is 1170. The number of para-hydroxylation sites is 3. The Kier molecular flexibility index (Phi) is 4.79. The molecule has 0 saturated heterocycles. The zero-order chi connectivity index (χ0) is 19.7. The number of rotatable bonds is 5. The third-order valence-corrected chi connectivity index (χ3v) is 5.49. The van der Waals surface area contributed by atoms with Crippen LogP contribution in [0, 0.1) is 6.92 Å². The van der Waals surface area contributed by atoms with Crippen LogP contribution in [-0.4, -0.2) is 26.0 Å². The number of anilines is 1. The molecule has 1 amide bonds. The van der Waals surface area contributed by atoms with Gasteiger partial charge in [-0.25, -0.2) is 14.6 Å². The number of fused-ring (bicyclic) bond motifs is 1. The Hall–Kier alpha value is -3.26. The van der Waals surface area contributed by atoms with Gasteiger partial charge in [-0.2, -0.15) is 0 Å². The van der Waals surface area contributed by atoms with E-state index in [9.17, 15) is 9.59 Å². The molecular weight excluding hydrogens is 374 g/mol. The minimum absolute atomic E-state index is 0.183. The highest BCUT2D eigenvalue weighted by atomic mass is 32.2. The van der Waals surface area contributed by atoms with Gasteiger partial charge in [0.1, 0.15) is 5.69 Å². The Labute approximate surface area is 165 Å². The summed E-state index contributed by atoms with van der Waals surface area (Å²) in [7, 11) is 1.80. The first-order valence-electron chi connectivity index (χ1n) is 8.81. The number of thioether (sulfide) groups is 1. The fraction of sp³-hybridized carbons (Fsp3) is 0.150. The van der Waals surface area contributed by atoms with Crippen molar-refractivity contribution in [2.24, 2.45) is 7.05 Å². The summed E-state index contributed by atoms with van der Waals surface area (Å²) < 4.78 is 3.29. The molecule has 28 heavy (non-hydrogen) atoms. The van der Waals surface area contributed by atoms with Crippen LogP contribution in [0.15, 0.2) is 64.5 Å². The highest BCUT2D eigenvalue weighted by Gasteiger charge is 2.19. The Morgan fingerprint density at radius 1 is 1.14 bits per heavy atom. The monoisotopic (exact) mass is 394 g/mol. The minimum atomic E-state index is -0.248. The molecule has 8 heteroatoms. The molecule has 0 spiro atoms. The minimum Gasteiger partial charge on any atom is -0.319 e. The van der Waals surface area contributed by atoms with Gasteiger partial charge < -0.3 is 5.32 Å². The molecule has 0 aliphatic carbocycles. The molecule has 0 atom stereocenters. The quantitative estimate of drug-likeness (QED) is 0.510. The van der Waals surface area contributed by atoms with Crippen LogP contribution >= 0.6 is 11.8 Å². The summed E-state index contributed by atoms with van der Waals surface area (Å²) in [5.74, 6) is -0.0503. The van der Waals surface area contributed by atoms with E-state index in [0.717, 1.165) is 21.9 Å². The van der Waals surface area contributed by atoms with Gasteiger partial charge in [0, 0.05) is 7.05 Å². The molecule has 0 fully saturated rings. The molecule has 142 valence electrons. The average molecular weight is 394 g/mol. The molecule has 4 aromatic rings. The highest BCUT2D eigenvalue weighted by Crippen LogP contribution is 2.17. The van der Waals surface area contributed by atoms with Gasteiger partial charge in [0.05, 0.1) is 17.1 Å². The lowest BCUT2D eigenvalue weighted by atomic mass is 10.3. The molecule has 0 unspecified atom stereocenters. The topological polar surface area (TPSA) is 86.0 Å². The number of aromatic nitrogens is 4. The van der Waals surface area contributed by atoms with E-state index < -0.39 is 0 Å².